The molecule has 1 atom stereocenters. The number of carbonyl (C=O) groups excluding carboxylic acids is 1. The molecule has 8 heteroatoms. The first-order chi connectivity index (χ1) is 10.3. The molecule has 1 amide bonds. The minimum absolute atomic E-state index is 0.0472. The summed E-state index contributed by atoms with van der Waals surface area (Å²) < 4.78 is 26.0. The Labute approximate surface area is 136 Å². The molecule has 120 valence electrons. The lowest BCUT2D eigenvalue weighted by Crippen LogP contribution is -2.52. The van der Waals surface area contributed by atoms with Gasteiger partial charge >= 0.3 is 0 Å². The van der Waals surface area contributed by atoms with Crippen LogP contribution in [0, 0.1) is 0 Å². The molecular weight excluding hydrogens is 334 g/mol. The van der Waals surface area contributed by atoms with E-state index in [1.807, 2.05) is 12.1 Å². The molecule has 0 fully saturated rings. The Kier molecular flexibility index (Phi) is 5.41. The lowest BCUT2D eigenvalue weighted by atomic mass is 10.1. The second kappa shape index (κ2) is 6.93. The third-order valence-electron chi connectivity index (χ3n) is 3.15. The van der Waals surface area contributed by atoms with Crippen LogP contribution in [-0.4, -0.2) is 39.6 Å². The monoisotopic (exact) mass is 348 g/mol. The van der Waals surface area contributed by atoms with Crippen molar-refractivity contribution in [2.45, 2.75) is 31.2 Å². The number of alkyl halides is 2. The van der Waals surface area contributed by atoms with Crippen molar-refractivity contribution in [3.05, 3.63) is 34.9 Å². The molecule has 0 saturated heterocycles. The van der Waals surface area contributed by atoms with Gasteiger partial charge in [0.2, 0.25) is 5.72 Å². The van der Waals surface area contributed by atoms with Gasteiger partial charge in [-0.2, -0.15) is 10.1 Å². The molecule has 1 N–H and O–H groups in total. The zero-order valence-electron chi connectivity index (χ0n) is 11.8. The molecule has 1 aliphatic rings. The van der Waals surface area contributed by atoms with Crippen LogP contribution in [0.15, 0.2) is 29.4 Å². The van der Waals surface area contributed by atoms with Crippen LogP contribution >= 0.6 is 23.4 Å². The van der Waals surface area contributed by atoms with Crippen LogP contribution in [0.5, 0.6) is 0 Å². The molecule has 22 heavy (non-hydrogen) atoms. The first-order valence-electron chi connectivity index (χ1n) is 6.53. The number of thioether (sulfide) groups is 1. The summed E-state index contributed by atoms with van der Waals surface area (Å²) in [6.07, 6.45) is -3.41. The molecule has 1 aliphatic heterocycles. The summed E-state index contributed by atoms with van der Waals surface area (Å²) >= 11 is 7.04. The second-order valence-corrected chi connectivity index (χ2v) is 6.44. The maximum Gasteiger partial charge on any atom is 0.287 e. The molecule has 1 aromatic carbocycles. The smallest absolute Gasteiger partial charge is 0.287 e. The predicted molar refractivity (Wildman–Crippen MR) is 83.1 cm³/mol. The number of hydrazone groups is 1. The van der Waals surface area contributed by atoms with E-state index in [-0.39, 0.29) is 12.2 Å². The number of aliphatic hydroxyl groups is 1. The molecule has 2 rings (SSSR count). The normalized spacial score (nSPS) is 21.4. The van der Waals surface area contributed by atoms with Gasteiger partial charge in [0.15, 0.2) is 0 Å². The van der Waals surface area contributed by atoms with E-state index in [9.17, 15) is 18.7 Å². The highest BCUT2D eigenvalue weighted by atomic mass is 35.5. The van der Waals surface area contributed by atoms with Gasteiger partial charge in [-0.25, -0.2) is 8.78 Å². The lowest BCUT2D eigenvalue weighted by Gasteiger charge is -2.29. The number of hydrogen-bond acceptors (Lipinski definition) is 4. The zero-order valence-corrected chi connectivity index (χ0v) is 13.4. The Morgan fingerprint density at radius 3 is 2.73 bits per heavy atom. The average molecular weight is 349 g/mol. The van der Waals surface area contributed by atoms with E-state index in [1.165, 1.54) is 18.7 Å². The largest absolute Gasteiger partial charge is 0.364 e. The Morgan fingerprint density at radius 1 is 1.50 bits per heavy atom. The van der Waals surface area contributed by atoms with Crippen molar-refractivity contribution in [2.75, 3.05) is 5.75 Å². The highest BCUT2D eigenvalue weighted by Gasteiger charge is 2.50. The van der Waals surface area contributed by atoms with Crippen LogP contribution in [0.4, 0.5) is 8.78 Å². The predicted octanol–water partition coefficient (Wildman–Crippen LogP) is 3.14. The van der Waals surface area contributed by atoms with Crippen molar-refractivity contribution in [3.8, 4) is 0 Å². The Bertz CT molecular complexity index is 583. The maximum absolute atomic E-state index is 13.0. The summed E-state index contributed by atoms with van der Waals surface area (Å²) in [5.41, 5.74) is -1.26. The summed E-state index contributed by atoms with van der Waals surface area (Å²) in [4.78, 5) is 12.0. The van der Waals surface area contributed by atoms with E-state index in [4.69, 9.17) is 11.6 Å². The van der Waals surface area contributed by atoms with Crippen LogP contribution in [-0.2, 0) is 10.5 Å². The van der Waals surface area contributed by atoms with Gasteiger partial charge in [-0.15, -0.1) is 11.8 Å². The summed E-state index contributed by atoms with van der Waals surface area (Å²) in [5.74, 6) is -0.153. The average Bonchev–Trinajstić information content (AvgIpc) is 2.77. The SMILES string of the molecule is CC1=NN(C(=O)CSCc2ccc(Cl)cc2)C(O)(C(F)F)C1. The molecule has 0 radical (unpaired) electrons. The van der Waals surface area contributed by atoms with Crippen LogP contribution in [0.3, 0.4) is 0 Å². The van der Waals surface area contributed by atoms with Crippen molar-refractivity contribution in [3.63, 3.8) is 0 Å². The van der Waals surface area contributed by atoms with E-state index in [2.05, 4.69) is 5.10 Å². The highest BCUT2D eigenvalue weighted by Crippen LogP contribution is 2.32. The lowest BCUT2D eigenvalue weighted by molar-refractivity contribution is -0.190. The fourth-order valence-corrected chi connectivity index (χ4v) is 3.04. The van der Waals surface area contributed by atoms with Crippen LogP contribution < -0.4 is 0 Å². The molecular formula is C14H15ClF2N2O2S. The van der Waals surface area contributed by atoms with Gasteiger partial charge in [0.1, 0.15) is 0 Å². The van der Waals surface area contributed by atoms with Crippen molar-refractivity contribution < 1.29 is 18.7 Å². The van der Waals surface area contributed by atoms with Crippen molar-refractivity contribution >= 4 is 35.0 Å². The Hall–Kier alpha value is -1.18. The minimum Gasteiger partial charge on any atom is -0.364 e. The molecule has 1 unspecified atom stereocenters. The topological polar surface area (TPSA) is 52.9 Å². The highest BCUT2D eigenvalue weighted by molar-refractivity contribution is 7.99. The number of carbonyl (C=O) groups is 1. The van der Waals surface area contributed by atoms with Crippen molar-refractivity contribution in [2.24, 2.45) is 5.10 Å². The summed E-state index contributed by atoms with van der Waals surface area (Å²) in [6, 6.07) is 7.13. The van der Waals surface area contributed by atoms with Crippen molar-refractivity contribution in [1.29, 1.82) is 0 Å². The third kappa shape index (κ3) is 3.77. The zero-order chi connectivity index (χ0) is 16.3. The summed E-state index contributed by atoms with van der Waals surface area (Å²) in [7, 11) is 0. The molecule has 1 aromatic rings. The van der Waals surface area contributed by atoms with E-state index in [0.29, 0.717) is 21.5 Å². The fourth-order valence-electron chi connectivity index (χ4n) is 2.08. The maximum atomic E-state index is 13.0. The summed E-state index contributed by atoms with van der Waals surface area (Å²) in [5, 5.41) is 14.8. The minimum atomic E-state index is -3.07. The number of hydrogen-bond donors (Lipinski definition) is 1. The van der Waals surface area contributed by atoms with Gasteiger partial charge in [-0.1, -0.05) is 23.7 Å². The van der Waals surface area contributed by atoms with Gasteiger partial charge in [-0.05, 0) is 24.6 Å². The molecule has 0 aliphatic carbocycles. The third-order valence-corrected chi connectivity index (χ3v) is 4.39. The summed E-state index contributed by atoms with van der Waals surface area (Å²) in [6.45, 7) is 1.50. The van der Waals surface area contributed by atoms with E-state index >= 15 is 0 Å². The number of benzene rings is 1. The van der Waals surface area contributed by atoms with Gasteiger partial charge in [0, 0.05) is 22.9 Å². The molecule has 0 spiro atoms. The molecule has 4 nitrogen and oxygen atoms in total. The first kappa shape index (κ1) is 17.2. The molecule has 0 bridgehead atoms. The fraction of sp³-hybridized carbons (Fsp3) is 0.429. The van der Waals surface area contributed by atoms with Crippen LogP contribution in [0.25, 0.3) is 0 Å². The molecule has 0 aromatic heterocycles. The number of rotatable bonds is 5. The van der Waals surface area contributed by atoms with E-state index in [1.54, 1.807) is 12.1 Å². The van der Waals surface area contributed by atoms with Gasteiger partial charge in [0.05, 0.1) is 5.75 Å². The quantitative estimate of drug-likeness (QED) is 0.889. The van der Waals surface area contributed by atoms with Crippen molar-refractivity contribution in [1.82, 2.24) is 5.01 Å². The van der Waals surface area contributed by atoms with Gasteiger partial charge in [-0.3, -0.25) is 4.79 Å². The van der Waals surface area contributed by atoms with E-state index < -0.39 is 18.1 Å². The van der Waals surface area contributed by atoms with Gasteiger partial charge in [0.25, 0.3) is 12.3 Å². The Morgan fingerprint density at radius 2 is 2.14 bits per heavy atom. The standard InChI is InChI=1S/C14H15ClF2N2O2S/c1-9-6-14(21,13(16)17)19(18-9)12(20)8-22-7-10-2-4-11(15)5-3-10/h2-5,13,21H,6-8H2,1H3. The van der Waals surface area contributed by atoms with Gasteiger partial charge < -0.3 is 5.11 Å². The first-order valence-corrected chi connectivity index (χ1v) is 8.06. The molecule has 1 heterocycles. The number of nitrogens with zero attached hydrogens (tertiary/aromatic N) is 2. The number of halogens is 3. The molecule has 0 saturated carbocycles. The number of amides is 1. The van der Waals surface area contributed by atoms with E-state index in [0.717, 1.165) is 5.56 Å². The van der Waals surface area contributed by atoms with Crippen LogP contribution in [0.1, 0.15) is 18.9 Å². The van der Waals surface area contributed by atoms with Crippen LogP contribution in [0.2, 0.25) is 5.02 Å². The Balaban J connectivity index is 1.92. The second-order valence-electron chi connectivity index (χ2n) is 5.02.